The van der Waals surface area contributed by atoms with Gasteiger partial charge >= 0.3 is 6.18 Å². The lowest BCUT2D eigenvalue weighted by molar-refractivity contribution is -0.137. The molecule has 2 aromatic carbocycles. The molecule has 1 aliphatic rings. The Labute approximate surface area is 249 Å². The van der Waals surface area contributed by atoms with Gasteiger partial charge < -0.3 is 25.2 Å². The van der Waals surface area contributed by atoms with Gasteiger partial charge in [-0.1, -0.05) is 24.8 Å². The Balaban J connectivity index is 1.40. The maximum Gasteiger partial charge on any atom is 0.416 e. The third-order valence-corrected chi connectivity index (χ3v) is 7.34. The molecular weight excluding hydrogens is 555 g/mol. The number of nitrogens with one attached hydrogen (secondary N) is 2. The number of rotatable bonds is 10. The molecule has 43 heavy (non-hydrogen) atoms. The summed E-state index contributed by atoms with van der Waals surface area (Å²) in [4.78, 5) is 17.5. The molecule has 2 aromatic heterocycles. The number of anilines is 5. The predicted molar refractivity (Wildman–Crippen MR) is 164 cm³/mol. The number of benzene rings is 2. The van der Waals surface area contributed by atoms with E-state index in [-0.39, 0.29) is 13.2 Å². The average Bonchev–Trinajstić information content (AvgIpc) is 2.96. The summed E-state index contributed by atoms with van der Waals surface area (Å²) in [5.74, 6) is 1.19. The maximum atomic E-state index is 13.4. The van der Waals surface area contributed by atoms with E-state index in [0.717, 1.165) is 45.8 Å². The second-order valence-corrected chi connectivity index (χ2v) is 10.8. The summed E-state index contributed by atoms with van der Waals surface area (Å²) < 4.78 is 45.8. The predicted octanol–water partition coefficient (Wildman–Crippen LogP) is 6.80. The van der Waals surface area contributed by atoms with Gasteiger partial charge in [0.25, 0.3) is 0 Å². The fourth-order valence-electron chi connectivity index (χ4n) is 4.94. The lowest BCUT2D eigenvalue weighted by Crippen LogP contribution is -2.53. The quantitative estimate of drug-likeness (QED) is 0.209. The van der Waals surface area contributed by atoms with Crippen LogP contribution in [-0.4, -0.2) is 42.3 Å². The molecule has 1 fully saturated rings. The summed E-state index contributed by atoms with van der Waals surface area (Å²) in [6.07, 6.45) is 0.835. The fraction of sp³-hybridized carbons (Fsp3) is 0.281. The third-order valence-electron chi connectivity index (χ3n) is 7.34. The highest BCUT2D eigenvalue weighted by molar-refractivity contribution is 5.66. The Kier molecular flexibility index (Phi) is 8.27. The molecule has 11 heteroatoms. The monoisotopic (exact) mass is 589 g/mol. The number of alkyl halides is 3. The molecule has 224 valence electrons. The topological polar surface area (TPSA) is 78.4 Å². The number of nitrogens with zero attached hydrogens (tertiary/aromatic N) is 5. The first kappa shape index (κ1) is 29.8. The van der Waals surface area contributed by atoms with Crippen molar-refractivity contribution in [3.63, 3.8) is 0 Å². The molecule has 3 heterocycles. The van der Waals surface area contributed by atoms with E-state index in [1.165, 1.54) is 12.1 Å². The number of hydrogen-bond donors (Lipinski definition) is 2. The number of ether oxygens (including phenoxy) is 1. The molecule has 2 N–H and O–H groups in total. The van der Waals surface area contributed by atoms with Crippen molar-refractivity contribution in [3.05, 3.63) is 108 Å². The third kappa shape index (κ3) is 6.56. The lowest BCUT2D eigenvalue weighted by atomic mass is 9.86. The highest BCUT2D eigenvalue weighted by Crippen LogP contribution is 2.38. The van der Waals surface area contributed by atoms with Crippen LogP contribution in [0.4, 0.5) is 42.0 Å². The van der Waals surface area contributed by atoms with E-state index in [1.54, 1.807) is 24.7 Å². The summed E-state index contributed by atoms with van der Waals surface area (Å²) in [5.41, 5.74) is 4.30. The van der Waals surface area contributed by atoms with Gasteiger partial charge in [0.2, 0.25) is 5.95 Å². The maximum absolute atomic E-state index is 13.4. The van der Waals surface area contributed by atoms with Crippen LogP contribution in [0.5, 0.6) is 0 Å². The van der Waals surface area contributed by atoms with Crippen LogP contribution in [0.15, 0.2) is 79.8 Å². The minimum atomic E-state index is -4.43. The molecule has 0 radical (unpaired) electrons. The van der Waals surface area contributed by atoms with Gasteiger partial charge in [-0.2, -0.15) is 18.2 Å². The summed E-state index contributed by atoms with van der Waals surface area (Å²) >= 11 is 0. The highest BCUT2D eigenvalue weighted by Gasteiger charge is 2.42. The van der Waals surface area contributed by atoms with Gasteiger partial charge in [0.05, 0.1) is 37.2 Å². The second-order valence-electron chi connectivity index (χ2n) is 10.8. The van der Waals surface area contributed by atoms with Crippen LogP contribution in [0.1, 0.15) is 27.9 Å². The summed E-state index contributed by atoms with van der Waals surface area (Å²) in [6.45, 7) is 8.92. The SMILES string of the molecule is C=CN(Cc1cnc(Nc2ccc(C)nc2)nc1N(C)C)c1cc(NC2(c3cccc(C(F)(F)F)c3)COC2)ccc1C. The first-order valence-corrected chi connectivity index (χ1v) is 13.7. The van der Waals surface area contributed by atoms with E-state index in [2.05, 4.69) is 27.2 Å². The van der Waals surface area contributed by atoms with Gasteiger partial charge in [0, 0.05) is 42.9 Å². The van der Waals surface area contributed by atoms with E-state index < -0.39 is 17.3 Å². The van der Waals surface area contributed by atoms with Gasteiger partial charge in [-0.05, 0) is 67.6 Å². The van der Waals surface area contributed by atoms with Gasteiger partial charge in [-0.25, -0.2) is 4.98 Å². The highest BCUT2D eigenvalue weighted by atomic mass is 19.4. The molecular formula is C32H34F3N7O. The van der Waals surface area contributed by atoms with Crippen molar-refractivity contribution in [3.8, 4) is 0 Å². The minimum Gasteiger partial charge on any atom is -0.376 e. The van der Waals surface area contributed by atoms with Crippen molar-refractivity contribution in [1.29, 1.82) is 0 Å². The van der Waals surface area contributed by atoms with Crippen LogP contribution < -0.4 is 20.4 Å². The smallest absolute Gasteiger partial charge is 0.376 e. The Bertz CT molecular complexity index is 1600. The molecule has 0 amide bonds. The standard InChI is InChI=1S/C32H34F3N7O/c1-6-42(18-23-16-37-30(39-29(23)41(4)5)38-27-13-11-22(3)36-17-27)28-15-26(12-10-21(28)2)40-31(19-43-20-31)24-8-7-9-25(14-24)32(33,34)35/h6-17,40H,1,18-20H2,2-5H3,(H,37,38,39). The minimum absolute atomic E-state index is 0.255. The second kappa shape index (κ2) is 11.9. The van der Waals surface area contributed by atoms with Gasteiger partial charge in [-0.15, -0.1) is 0 Å². The zero-order valence-corrected chi connectivity index (χ0v) is 24.5. The molecule has 0 bridgehead atoms. The summed E-state index contributed by atoms with van der Waals surface area (Å²) in [7, 11) is 3.84. The Morgan fingerprint density at radius 3 is 2.40 bits per heavy atom. The van der Waals surface area contributed by atoms with Crippen LogP contribution in [0.25, 0.3) is 0 Å². The fourth-order valence-corrected chi connectivity index (χ4v) is 4.94. The van der Waals surface area contributed by atoms with Crippen molar-refractivity contribution in [2.24, 2.45) is 0 Å². The Hall–Kier alpha value is -4.64. The molecule has 0 saturated carbocycles. The van der Waals surface area contributed by atoms with Crippen molar-refractivity contribution in [2.45, 2.75) is 32.1 Å². The average molecular weight is 590 g/mol. The van der Waals surface area contributed by atoms with Crippen molar-refractivity contribution >= 4 is 28.8 Å². The summed E-state index contributed by atoms with van der Waals surface area (Å²) in [6, 6.07) is 15.1. The van der Waals surface area contributed by atoms with Crippen molar-refractivity contribution in [2.75, 3.05) is 47.7 Å². The molecule has 1 saturated heterocycles. The van der Waals surface area contributed by atoms with E-state index in [1.807, 2.05) is 68.1 Å². The van der Waals surface area contributed by atoms with Crippen molar-refractivity contribution in [1.82, 2.24) is 15.0 Å². The van der Waals surface area contributed by atoms with Crippen molar-refractivity contribution < 1.29 is 17.9 Å². The Morgan fingerprint density at radius 1 is 1.00 bits per heavy atom. The van der Waals surface area contributed by atoms with Gasteiger partial charge in [0.1, 0.15) is 11.4 Å². The Morgan fingerprint density at radius 2 is 1.77 bits per heavy atom. The van der Waals surface area contributed by atoms with Crippen LogP contribution in [-0.2, 0) is 23.0 Å². The molecule has 0 aliphatic carbocycles. The largest absolute Gasteiger partial charge is 0.416 e. The van der Waals surface area contributed by atoms with Crippen LogP contribution in [0, 0.1) is 13.8 Å². The molecule has 0 atom stereocenters. The molecule has 5 rings (SSSR count). The van der Waals surface area contributed by atoms with E-state index in [9.17, 15) is 13.2 Å². The number of hydrogen-bond acceptors (Lipinski definition) is 8. The number of aryl methyl sites for hydroxylation is 2. The molecule has 1 aliphatic heterocycles. The molecule has 0 spiro atoms. The number of aromatic nitrogens is 3. The lowest BCUT2D eigenvalue weighted by Gasteiger charge is -2.43. The number of pyridine rings is 1. The van der Waals surface area contributed by atoms with E-state index >= 15 is 0 Å². The van der Waals surface area contributed by atoms with Crippen LogP contribution in [0.3, 0.4) is 0 Å². The summed E-state index contributed by atoms with van der Waals surface area (Å²) in [5, 5.41) is 6.66. The molecule has 0 unspecified atom stereocenters. The zero-order chi connectivity index (χ0) is 30.8. The first-order valence-electron chi connectivity index (χ1n) is 13.7. The molecule has 8 nitrogen and oxygen atoms in total. The van der Waals surface area contributed by atoms with Gasteiger partial charge in [0.15, 0.2) is 0 Å². The molecule has 4 aromatic rings. The van der Waals surface area contributed by atoms with Gasteiger partial charge in [-0.3, -0.25) is 4.98 Å². The van der Waals surface area contributed by atoms with E-state index in [0.29, 0.717) is 18.1 Å². The normalized spacial score (nSPS) is 14.0. The zero-order valence-electron chi connectivity index (χ0n) is 24.5. The first-order chi connectivity index (χ1) is 20.5. The van der Waals surface area contributed by atoms with Crippen LogP contribution >= 0.6 is 0 Å². The van der Waals surface area contributed by atoms with Crippen LogP contribution in [0.2, 0.25) is 0 Å². The van der Waals surface area contributed by atoms with E-state index in [4.69, 9.17) is 9.72 Å². The number of halogens is 3.